The van der Waals surface area contributed by atoms with Gasteiger partial charge in [0, 0.05) is 11.1 Å². The molecule has 18 heavy (non-hydrogen) atoms. The van der Waals surface area contributed by atoms with Crippen molar-refractivity contribution in [1.29, 1.82) is 0 Å². The molecule has 1 atom stereocenters. The van der Waals surface area contributed by atoms with Crippen molar-refractivity contribution in [3.8, 4) is 22.6 Å². The Balaban J connectivity index is 2.04. The smallest absolute Gasteiger partial charge is 0.234 e. The fraction of sp³-hybridized carbons (Fsp3) is 0.286. The number of ether oxygens (including phenoxy) is 2. The largest absolute Gasteiger partial charge is 0.454 e. The van der Waals surface area contributed by atoms with E-state index < -0.39 is 0 Å². The zero-order chi connectivity index (χ0) is 12.4. The van der Waals surface area contributed by atoms with Gasteiger partial charge in [-0.3, -0.25) is 9.59 Å². The predicted molar refractivity (Wildman–Crippen MR) is 65.0 cm³/mol. The molecule has 90 valence electrons. The molecular weight excluding hydrogens is 232 g/mol. The highest BCUT2D eigenvalue weighted by molar-refractivity contribution is 5.79. The SMILES string of the molecule is CC1Cc2c(c(=O)c2=O)-c2cc3c(cc21)OCO3. The highest BCUT2D eigenvalue weighted by Crippen LogP contribution is 2.44. The maximum Gasteiger partial charge on any atom is 0.234 e. The highest BCUT2D eigenvalue weighted by atomic mass is 16.7. The molecule has 0 N–H and O–H groups in total. The molecule has 4 nitrogen and oxygen atoms in total. The average Bonchev–Trinajstić information content (AvgIpc) is 2.83. The summed E-state index contributed by atoms with van der Waals surface area (Å²) >= 11 is 0. The minimum Gasteiger partial charge on any atom is -0.454 e. The van der Waals surface area contributed by atoms with Crippen LogP contribution in [0.3, 0.4) is 0 Å². The van der Waals surface area contributed by atoms with Crippen molar-refractivity contribution >= 4 is 0 Å². The summed E-state index contributed by atoms with van der Waals surface area (Å²) in [6.07, 6.45) is 0.645. The molecule has 0 bridgehead atoms. The predicted octanol–water partition coefficient (Wildman–Crippen LogP) is 1.34. The van der Waals surface area contributed by atoms with Crippen LogP contribution >= 0.6 is 0 Å². The van der Waals surface area contributed by atoms with E-state index in [0.717, 1.165) is 16.9 Å². The summed E-state index contributed by atoms with van der Waals surface area (Å²) in [4.78, 5) is 23.2. The van der Waals surface area contributed by atoms with Crippen LogP contribution < -0.4 is 20.3 Å². The Labute approximate surface area is 102 Å². The minimum absolute atomic E-state index is 0.214. The van der Waals surface area contributed by atoms with Gasteiger partial charge in [0.1, 0.15) is 0 Å². The molecule has 4 heteroatoms. The van der Waals surface area contributed by atoms with E-state index in [1.165, 1.54) is 0 Å². The molecule has 1 unspecified atom stereocenters. The molecule has 2 aromatic rings. The monoisotopic (exact) mass is 242 g/mol. The Morgan fingerprint density at radius 2 is 1.83 bits per heavy atom. The molecular formula is C14H10O4. The second-order valence-electron chi connectivity index (χ2n) is 4.91. The van der Waals surface area contributed by atoms with Crippen LogP contribution in [-0.2, 0) is 6.42 Å². The van der Waals surface area contributed by atoms with Crippen LogP contribution in [-0.4, -0.2) is 6.79 Å². The lowest BCUT2D eigenvalue weighted by molar-refractivity contribution is 0.174. The molecule has 0 saturated heterocycles. The third kappa shape index (κ3) is 1.01. The van der Waals surface area contributed by atoms with Gasteiger partial charge in [-0.25, -0.2) is 0 Å². The van der Waals surface area contributed by atoms with Crippen LogP contribution in [0.4, 0.5) is 0 Å². The summed E-state index contributed by atoms with van der Waals surface area (Å²) in [7, 11) is 0. The second kappa shape index (κ2) is 3.02. The van der Waals surface area contributed by atoms with Crippen molar-refractivity contribution in [2.75, 3.05) is 6.79 Å². The van der Waals surface area contributed by atoms with Crippen LogP contribution in [0.25, 0.3) is 11.1 Å². The van der Waals surface area contributed by atoms with Crippen LogP contribution in [0.5, 0.6) is 11.5 Å². The lowest BCUT2D eigenvalue weighted by Crippen LogP contribution is -2.40. The molecule has 0 fully saturated rings. The molecule has 0 amide bonds. The van der Waals surface area contributed by atoms with Crippen LogP contribution in [0.2, 0.25) is 0 Å². The minimum atomic E-state index is -0.364. The Bertz CT molecular complexity index is 750. The van der Waals surface area contributed by atoms with Gasteiger partial charge in [0.25, 0.3) is 0 Å². The maximum atomic E-state index is 11.7. The van der Waals surface area contributed by atoms with E-state index in [-0.39, 0.29) is 23.6 Å². The van der Waals surface area contributed by atoms with E-state index >= 15 is 0 Å². The Morgan fingerprint density at radius 3 is 2.61 bits per heavy atom. The van der Waals surface area contributed by atoms with Crippen LogP contribution in [0, 0.1) is 0 Å². The summed E-state index contributed by atoms with van der Waals surface area (Å²) in [5, 5.41) is 0. The summed E-state index contributed by atoms with van der Waals surface area (Å²) in [6, 6.07) is 3.76. The zero-order valence-corrected chi connectivity index (χ0v) is 9.78. The van der Waals surface area contributed by atoms with Crippen molar-refractivity contribution in [2.45, 2.75) is 19.3 Å². The first-order valence-corrected chi connectivity index (χ1v) is 5.93. The molecule has 0 radical (unpaired) electrons. The standard InChI is InChI=1S/C14H10O4/c1-6-2-9-12(14(16)13(9)15)8-4-11-10(3-7(6)8)17-5-18-11/h3-4,6H,2,5H2,1H3. The molecule has 0 spiro atoms. The first-order valence-electron chi connectivity index (χ1n) is 5.93. The third-order valence-corrected chi connectivity index (χ3v) is 3.86. The summed E-state index contributed by atoms with van der Waals surface area (Å²) in [6.45, 7) is 2.27. The van der Waals surface area contributed by atoms with Gasteiger partial charge in [-0.05, 0) is 35.6 Å². The highest BCUT2D eigenvalue weighted by Gasteiger charge is 2.33. The van der Waals surface area contributed by atoms with Gasteiger partial charge in [0.15, 0.2) is 11.5 Å². The number of hydrogen-bond donors (Lipinski definition) is 0. The Hall–Kier alpha value is -2.10. The quantitative estimate of drug-likeness (QED) is 0.654. The van der Waals surface area contributed by atoms with E-state index in [1.54, 1.807) is 0 Å². The van der Waals surface area contributed by atoms with Gasteiger partial charge in [-0.1, -0.05) is 6.92 Å². The van der Waals surface area contributed by atoms with Gasteiger partial charge < -0.3 is 9.47 Å². The molecule has 2 aromatic carbocycles. The van der Waals surface area contributed by atoms with Crippen molar-refractivity contribution in [3.05, 3.63) is 43.7 Å². The average molecular weight is 242 g/mol. The lowest BCUT2D eigenvalue weighted by atomic mass is 9.76. The molecule has 4 rings (SSSR count). The molecule has 2 aliphatic rings. The summed E-state index contributed by atoms with van der Waals surface area (Å²) in [5.41, 5.74) is 2.50. The molecule has 0 saturated carbocycles. The Morgan fingerprint density at radius 1 is 1.11 bits per heavy atom. The third-order valence-electron chi connectivity index (χ3n) is 3.86. The van der Waals surface area contributed by atoms with E-state index in [9.17, 15) is 9.59 Å². The van der Waals surface area contributed by atoms with Crippen molar-refractivity contribution in [2.24, 2.45) is 0 Å². The first kappa shape index (κ1) is 9.88. The number of rotatable bonds is 0. The lowest BCUT2D eigenvalue weighted by Gasteiger charge is -2.26. The normalized spacial score (nSPS) is 19.7. The van der Waals surface area contributed by atoms with Crippen molar-refractivity contribution < 1.29 is 9.47 Å². The van der Waals surface area contributed by atoms with E-state index in [0.29, 0.717) is 23.3 Å². The van der Waals surface area contributed by atoms with Gasteiger partial charge in [0.2, 0.25) is 17.7 Å². The van der Waals surface area contributed by atoms with E-state index in [1.807, 2.05) is 12.1 Å². The molecule has 1 aliphatic carbocycles. The number of hydrogen-bond acceptors (Lipinski definition) is 4. The fourth-order valence-electron chi connectivity index (χ4n) is 2.92. The van der Waals surface area contributed by atoms with Crippen molar-refractivity contribution in [1.82, 2.24) is 0 Å². The molecule has 1 aliphatic heterocycles. The number of fused-ring (bicyclic) bond motifs is 4. The fourth-order valence-corrected chi connectivity index (χ4v) is 2.92. The van der Waals surface area contributed by atoms with Crippen molar-refractivity contribution in [3.63, 3.8) is 0 Å². The topological polar surface area (TPSA) is 52.6 Å². The summed E-state index contributed by atoms with van der Waals surface area (Å²) < 4.78 is 10.7. The molecule has 0 aromatic heterocycles. The van der Waals surface area contributed by atoms with Crippen LogP contribution in [0.15, 0.2) is 21.7 Å². The number of benzene rings is 1. The Kier molecular flexibility index (Phi) is 1.66. The van der Waals surface area contributed by atoms with Gasteiger partial charge in [0.05, 0.1) is 0 Å². The van der Waals surface area contributed by atoms with Gasteiger partial charge in [-0.2, -0.15) is 0 Å². The summed E-state index contributed by atoms with van der Waals surface area (Å²) in [5.74, 6) is 1.61. The van der Waals surface area contributed by atoms with Gasteiger partial charge >= 0.3 is 0 Å². The maximum absolute atomic E-state index is 11.7. The molecule has 1 heterocycles. The van der Waals surface area contributed by atoms with E-state index in [2.05, 4.69) is 6.92 Å². The van der Waals surface area contributed by atoms with Gasteiger partial charge in [-0.15, -0.1) is 0 Å². The van der Waals surface area contributed by atoms with Crippen LogP contribution in [0.1, 0.15) is 24.0 Å². The zero-order valence-electron chi connectivity index (χ0n) is 9.78. The van der Waals surface area contributed by atoms with E-state index in [4.69, 9.17) is 9.47 Å². The second-order valence-corrected chi connectivity index (χ2v) is 4.91. The first-order chi connectivity index (χ1) is 8.66.